The lowest BCUT2D eigenvalue weighted by molar-refractivity contribution is 0.448. The molecular formula is C12H21NO. The predicted octanol–water partition coefficient (Wildman–Crippen LogP) is 3.67. The van der Waals surface area contributed by atoms with Crippen LogP contribution in [-0.4, -0.2) is 4.98 Å². The molecule has 0 atom stereocenters. The minimum absolute atomic E-state index is 0.926. The predicted molar refractivity (Wildman–Crippen MR) is 58.5 cm³/mol. The van der Waals surface area contributed by atoms with Crippen molar-refractivity contribution in [1.82, 2.24) is 4.98 Å². The SMILES string of the molecule is CCCCCCc1nc(C)c(CC)o1. The Bertz CT molecular complexity index is 265. The molecule has 2 heteroatoms. The van der Waals surface area contributed by atoms with Crippen LogP contribution in [0.5, 0.6) is 0 Å². The molecule has 0 aliphatic rings. The number of unbranched alkanes of at least 4 members (excludes halogenated alkanes) is 3. The molecule has 1 heterocycles. The summed E-state index contributed by atoms with van der Waals surface area (Å²) in [5, 5.41) is 0. The zero-order chi connectivity index (χ0) is 10.4. The standard InChI is InChI=1S/C12H21NO/c1-4-6-7-8-9-12-13-10(3)11(5-2)14-12/h4-9H2,1-3H3. The summed E-state index contributed by atoms with van der Waals surface area (Å²) in [5.74, 6) is 1.98. The fourth-order valence-corrected chi connectivity index (χ4v) is 1.63. The Balaban J connectivity index is 2.35. The second-order valence-electron chi connectivity index (χ2n) is 3.78. The van der Waals surface area contributed by atoms with E-state index >= 15 is 0 Å². The molecule has 0 bridgehead atoms. The van der Waals surface area contributed by atoms with Gasteiger partial charge in [-0.3, -0.25) is 0 Å². The number of aryl methyl sites for hydroxylation is 3. The van der Waals surface area contributed by atoms with Crippen LogP contribution in [0.3, 0.4) is 0 Å². The fraction of sp³-hybridized carbons (Fsp3) is 0.750. The number of oxazole rings is 1. The van der Waals surface area contributed by atoms with Crippen molar-refractivity contribution in [3.05, 3.63) is 17.3 Å². The highest BCUT2D eigenvalue weighted by molar-refractivity contribution is 5.07. The van der Waals surface area contributed by atoms with Crippen LogP contribution in [0, 0.1) is 6.92 Å². The van der Waals surface area contributed by atoms with E-state index in [4.69, 9.17) is 4.42 Å². The molecule has 0 saturated carbocycles. The topological polar surface area (TPSA) is 26.0 Å². The maximum absolute atomic E-state index is 5.63. The van der Waals surface area contributed by atoms with E-state index in [2.05, 4.69) is 18.8 Å². The third-order valence-corrected chi connectivity index (χ3v) is 2.50. The Morgan fingerprint density at radius 3 is 2.50 bits per heavy atom. The lowest BCUT2D eigenvalue weighted by atomic mass is 10.1. The molecule has 0 spiro atoms. The molecule has 0 unspecified atom stereocenters. The van der Waals surface area contributed by atoms with E-state index in [1.165, 1.54) is 25.7 Å². The molecule has 0 aliphatic carbocycles. The molecule has 14 heavy (non-hydrogen) atoms. The van der Waals surface area contributed by atoms with Crippen LogP contribution in [-0.2, 0) is 12.8 Å². The molecule has 0 saturated heterocycles. The Hall–Kier alpha value is -0.790. The van der Waals surface area contributed by atoms with Gasteiger partial charge in [0.25, 0.3) is 0 Å². The van der Waals surface area contributed by atoms with Gasteiger partial charge < -0.3 is 4.42 Å². The van der Waals surface area contributed by atoms with Crippen LogP contribution in [0.4, 0.5) is 0 Å². The Morgan fingerprint density at radius 1 is 1.14 bits per heavy atom. The third kappa shape index (κ3) is 3.17. The largest absolute Gasteiger partial charge is 0.445 e. The molecule has 0 N–H and O–H groups in total. The van der Waals surface area contributed by atoms with Gasteiger partial charge in [0.05, 0.1) is 5.69 Å². The summed E-state index contributed by atoms with van der Waals surface area (Å²) in [5.41, 5.74) is 1.07. The zero-order valence-corrected chi connectivity index (χ0v) is 9.60. The van der Waals surface area contributed by atoms with Crippen molar-refractivity contribution in [2.24, 2.45) is 0 Å². The number of nitrogens with zero attached hydrogens (tertiary/aromatic N) is 1. The quantitative estimate of drug-likeness (QED) is 0.647. The molecule has 0 aliphatic heterocycles. The maximum Gasteiger partial charge on any atom is 0.194 e. The first-order valence-electron chi connectivity index (χ1n) is 5.73. The molecule has 1 aromatic rings. The van der Waals surface area contributed by atoms with Gasteiger partial charge in [0.2, 0.25) is 0 Å². The van der Waals surface area contributed by atoms with Crippen molar-refractivity contribution in [2.75, 3.05) is 0 Å². The molecule has 0 fully saturated rings. The van der Waals surface area contributed by atoms with Gasteiger partial charge in [-0.25, -0.2) is 4.98 Å². The molecule has 0 radical (unpaired) electrons. The summed E-state index contributed by atoms with van der Waals surface area (Å²) in [4.78, 5) is 4.41. The Kier molecular flexibility index (Phi) is 4.71. The lowest BCUT2D eigenvalue weighted by Crippen LogP contribution is -1.85. The summed E-state index contributed by atoms with van der Waals surface area (Å²) in [6.07, 6.45) is 7.05. The summed E-state index contributed by atoms with van der Waals surface area (Å²) in [6, 6.07) is 0. The summed E-state index contributed by atoms with van der Waals surface area (Å²) in [7, 11) is 0. The fourth-order valence-electron chi connectivity index (χ4n) is 1.63. The van der Waals surface area contributed by atoms with E-state index in [-0.39, 0.29) is 0 Å². The van der Waals surface area contributed by atoms with Crippen molar-refractivity contribution in [3.63, 3.8) is 0 Å². The Morgan fingerprint density at radius 2 is 1.93 bits per heavy atom. The van der Waals surface area contributed by atoms with Crippen LogP contribution in [0.15, 0.2) is 4.42 Å². The number of aromatic nitrogens is 1. The van der Waals surface area contributed by atoms with E-state index < -0.39 is 0 Å². The van der Waals surface area contributed by atoms with Gasteiger partial charge in [-0.15, -0.1) is 0 Å². The summed E-state index contributed by atoms with van der Waals surface area (Å²) < 4.78 is 5.63. The van der Waals surface area contributed by atoms with Crippen molar-refractivity contribution < 1.29 is 4.42 Å². The van der Waals surface area contributed by atoms with Crippen LogP contribution in [0.2, 0.25) is 0 Å². The number of rotatable bonds is 6. The van der Waals surface area contributed by atoms with Crippen LogP contribution >= 0.6 is 0 Å². The highest BCUT2D eigenvalue weighted by atomic mass is 16.4. The van der Waals surface area contributed by atoms with Gasteiger partial charge in [0.1, 0.15) is 5.76 Å². The normalized spacial score (nSPS) is 10.8. The van der Waals surface area contributed by atoms with Crippen molar-refractivity contribution in [1.29, 1.82) is 0 Å². The monoisotopic (exact) mass is 195 g/mol. The number of hydrogen-bond acceptors (Lipinski definition) is 2. The van der Waals surface area contributed by atoms with Gasteiger partial charge >= 0.3 is 0 Å². The van der Waals surface area contributed by atoms with Gasteiger partial charge in [-0.2, -0.15) is 0 Å². The highest BCUT2D eigenvalue weighted by Crippen LogP contribution is 2.13. The molecular weight excluding hydrogens is 174 g/mol. The van der Waals surface area contributed by atoms with Gasteiger partial charge in [0.15, 0.2) is 5.89 Å². The van der Waals surface area contributed by atoms with Gasteiger partial charge in [-0.1, -0.05) is 33.1 Å². The first-order valence-corrected chi connectivity index (χ1v) is 5.73. The summed E-state index contributed by atoms with van der Waals surface area (Å²) >= 11 is 0. The molecule has 1 rings (SSSR count). The molecule has 80 valence electrons. The van der Waals surface area contributed by atoms with E-state index in [9.17, 15) is 0 Å². The van der Waals surface area contributed by atoms with Crippen molar-refractivity contribution >= 4 is 0 Å². The van der Waals surface area contributed by atoms with E-state index in [1.54, 1.807) is 0 Å². The highest BCUT2D eigenvalue weighted by Gasteiger charge is 2.06. The minimum atomic E-state index is 0.926. The molecule has 0 aromatic carbocycles. The first kappa shape index (κ1) is 11.3. The smallest absolute Gasteiger partial charge is 0.194 e. The second kappa shape index (κ2) is 5.84. The van der Waals surface area contributed by atoms with E-state index in [0.717, 1.165) is 30.2 Å². The van der Waals surface area contributed by atoms with Crippen molar-refractivity contribution in [2.45, 2.75) is 59.3 Å². The zero-order valence-electron chi connectivity index (χ0n) is 9.60. The molecule has 0 amide bonds. The van der Waals surface area contributed by atoms with Crippen LogP contribution in [0.25, 0.3) is 0 Å². The van der Waals surface area contributed by atoms with E-state index in [1.807, 2.05) is 6.92 Å². The van der Waals surface area contributed by atoms with Gasteiger partial charge in [0, 0.05) is 12.8 Å². The van der Waals surface area contributed by atoms with Gasteiger partial charge in [-0.05, 0) is 13.3 Å². The lowest BCUT2D eigenvalue weighted by Gasteiger charge is -1.95. The Labute approximate surface area is 86.7 Å². The maximum atomic E-state index is 5.63. The second-order valence-corrected chi connectivity index (χ2v) is 3.78. The third-order valence-electron chi connectivity index (χ3n) is 2.50. The van der Waals surface area contributed by atoms with Crippen LogP contribution in [0.1, 0.15) is 56.9 Å². The average Bonchev–Trinajstić information content (AvgIpc) is 2.54. The summed E-state index contributed by atoms with van der Waals surface area (Å²) in [6.45, 7) is 6.36. The molecule has 1 aromatic heterocycles. The first-order chi connectivity index (χ1) is 6.77. The number of hydrogen-bond donors (Lipinski definition) is 0. The van der Waals surface area contributed by atoms with Crippen LogP contribution < -0.4 is 0 Å². The molecule has 2 nitrogen and oxygen atoms in total. The minimum Gasteiger partial charge on any atom is -0.445 e. The average molecular weight is 195 g/mol. The van der Waals surface area contributed by atoms with E-state index in [0.29, 0.717) is 0 Å². The van der Waals surface area contributed by atoms with Crippen molar-refractivity contribution in [3.8, 4) is 0 Å².